The second-order valence-corrected chi connectivity index (χ2v) is 9.39. The SMILES string of the molecule is CC1CCC(c2ccoc2)N2C1CCC(C)(Sc1ccccc1)C2O. The van der Waals surface area contributed by atoms with E-state index in [0.29, 0.717) is 12.0 Å². The molecule has 3 nitrogen and oxygen atoms in total. The van der Waals surface area contributed by atoms with E-state index in [0.717, 1.165) is 19.3 Å². The Kier molecular flexibility index (Phi) is 4.69. The molecule has 0 radical (unpaired) electrons. The number of fused-ring (bicyclic) bond motifs is 1. The van der Waals surface area contributed by atoms with Crippen LogP contribution in [0.2, 0.25) is 0 Å². The van der Waals surface area contributed by atoms with Crippen molar-refractivity contribution in [3.05, 3.63) is 54.5 Å². The molecule has 2 aliphatic heterocycles. The van der Waals surface area contributed by atoms with Gasteiger partial charge >= 0.3 is 0 Å². The van der Waals surface area contributed by atoms with Crippen LogP contribution in [0.4, 0.5) is 0 Å². The van der Waals surface area contributed by atoms with Crippen LogP contribution in [0.1, 0.15) is 51.1 Å². The zero-order valence-corrected chi connectivity index (χ0v) is 15.8. The summed E-state index contributed by atoms with van der Waals surface area (Å²) < 4.78 is 5.15. The molecule has 5 unspecified atom stereocenters. The lowest BCUT2D eigenvalue weighted by Crippen LogP contribution is -2.61. The van der Waals surface area contributed by atoms with Crippen molar-refractivity contribution in [3.8, 4) is 0 Å². The van der Waals surface area contributed by atoms with Gasteiger partial charge < -0.3 is 9.52 Å². The van der Waals surface area contributed by atoms with Crippen molar-refractivity contribution in [3.63, 3.8) is 0 Å². The average molecular weight is 358 g/mol. The standard InChI is InChI=1S/C21H27NO2S/c1-15-8-9-19(16-11-13-24-14-16)22-18(15)10-12-21(2,20(22)23)25-17-6-4-3-5-7-17/h3-7,11,13-15,18-20,23H,8-10,12H2,1-2H3. The lowest BCUT2D eigenvalue weighted by atomic mass is 9.77. The fraction of sp³-hybridized carbons (Fsp3) is 0.524. The topological polar surface area (TPSA) is 36.6 Å². The minimum atomic E-state index is -0.459. The van der Waals surface area contributed by atoms with Gasteiger partial charge in [-0.3, -0.25) is 4.90 Å². The van der Waals surface area contributed by atoms with Crippen molar-refractivity contribution in [2.45, 2.75) is 67.5 Å². The number of furan rings is 1. The molecule has 0 saturated carbocycles. The third kappa shape index (κ3) is 3.16. The summed E-state index contributed by atoms with van der Waals surface area (Å²) in [7, 11) is 0. The van der Waals surface area contributed by atoms with Gasteiger partial charge in [0, 0.05) is 22.5 Å². The van der Waals surface area contributed by atoms with Crippen LogP contribution >= 0.6 is 11.8 Å². The average Bonchev–Trinajstić information content (AvgIpc) is 3.14. The van der Waals surface area contributed by atoms with E-state index in [9.17, 15) is 5.11 Å². The number of thioether (sulfide) groups is 1. The lowest BCUT2D eigenvalue weighted by molar-refractivity contribution is -0.132. The van der Waals surface area contributed by atoms with Crippen molar-refractivity contribution in [1.29, 1.82) is 0 Å². The summed E-state index contributed by atoms with van der Waals surface area (Å²) in [5.41, 5.74) is 1.20. The third-order valence-electron chi connectivity index (χ3n) is 6.08. The van der Waals surface area contributed by atoms with Gasteiger partial charge in [0.2, 0.25) is 0 Å². The maximum atomic E-state index is 11.4. The normalized spacial score (nSPS) is 36.1. The number of nitrogens with zero attached hydrogens (tertiary/aromatic N) is 1. The van der Waals surface area contributed by atoms with Crippen molar-refractivity contribution >= 4 is 11.8 Å². The molecule has 4 rings (SSSR count). The zero-order chi connectivity index (χ0) is 17.4. The first-order valence-corrected chi connectivity index (χ1v) is 10.1. The van der Waals surface area contributed by atoms with Gasteiger partial charge in [-0.15, -0.1) is 11.8 Å². The molecule has 0 bridgehead atoms. The molecule has 1 aromatic carbocycles. The van der Waals surface area contributed by atoms with E-state index in [4.69, 9.17) is 4.42 Å². The molecule has 25 heavy (non-hydrogen) atoms. The van der Waals surface area contributed by atoms with E-state index in [-0.39, 0.29) is 10.8 Å². The molecule has 2 fully saturated rings. The number of hydrogen-bond donors (Lipinski definition) is 1. The third-order valence-corrected chi connectivity index (χ3v) is 7.47. The Morgan fingerprint density at radius 3 is 2.68 bits per heavy atom. The molecule has 0 amide bonds. The van der Waals surface area contributed by atoms with Gasteiger partial charge in [0.05, 0.1) is 17.3 Å². The molecule has 2 aliphatic rings. The monoisotopic (exact) mass is 357 g/mol. The molecule has 1 N–H and O–H groups in total. The Balaban J connectivity index is 1.63. The Labute approximate surface area is 154 Å². The summed E-state index contributed by atoms with van der Waals surface area (Å²) in [6.45, 7) is 4.56. The van der Waals surface area contributed by atoms with Gasteiger partial charge in [0.1, 0.15) is 6.23 Å². The highest BCUT2D eigenvalue weighted by atomic mass is 32.2. The quantitative estimate of drug-likeness (QED) is 0.831. The number of rotatable bonds is 3. The van der Waals surface area contributed by atoms with Crippen molar-refractivity contribution in [2.24, 2.45) is 5.92 Å². The molecule has 3 heterocycles. The first-order chi connectivity index (χ1) is 12.1. The molecular weight excluding hydrogens is 330 g/mol. The van der Waals surface area contributed by atoms with Crippen LogP contribution in [-0.4, -0.2) is 27.0 Å². The second kappa shape index (κ2) is 6.82. The Morgan fingerprint density at radius 2 is 1.96 bits per heavy atom. The van der Waals surface area contributed by atoms with Gasteiger partial charge in [-0.05, 0) is 56.7 Å². The smallest absolute Gasteiger partial charge is 0.123 e. The molecule has 5 atom stereocenters. The summed E-state index contributed by atoms with van der Waals surface area (Å²) >= 11 is 1.82. The van der Waals surface area contributed by atoms with Crippen molar-refractivity contribution in [1.82, 2.24) is 4.90 Å². The second-order valence-electron chi connectivity index (χ2n) is 7.78. The van der Waals surface area contributed by atoms with E-state index < -0.39 is 6.23 Å². The maximum absolute atomic E-state index is 11.4. The largest absolute Gasteiger partial charge is 0.472 e. The molecule has 2 aromatic rings. The van der Waals surface area contributed by atoms with E-state index in [1.54, 1.807) is 6.26 Å². The van der Waals surface area contributed by atoms with E-state index in [2.05, 4.69) is 49.1 Å². The highest BCUT2D eigenvalue weighted by molar-refractivity contribution is 8.00. The summed E-state index contributed by atoms with van der Waals surface area (Å²) in [6, 6.07) is 13.2. The van der Waals surface area contributed by atoms with Crippen LogP contribution in [-0.2, 0) is 0 Å². The van der Waals surface area contributed by atoms with Crippen LogP contribution in [0, 0.1) is 5.92 Å². The Bertz CT molecular complexity index is 689. The number of benzene rings is 1. The van der Waals surface area contributed by atoms with Gasteiger partial charge in [0.25, 0.3) is 0 Å². The molecule has 4 heteroatoms. The van der Waals surface area contributed by atoms with Gasteiger partial charge in [0.15, 0.2) is 0 Å². The summed E-state index contributed by atoms with van der Waals surface area (Å²) in [5, 5.41) is 11.4. The minimum Gasteiger partial charge on any atom is -0.472 e. The Morgan fingerprint density at radius 1 is 1.16 bits per heavy atom. The fourth-order valence-electron chi connectivity index (χ4n) is 4.62. The summed E-state index contributed by atoms with van der Waals surface area (Å²) in [5.74, 6) is 0.629. The predicted molar refractivity (Wildman–Crippen MR) is 101 cm³/mol. The van der Waals surface area contributed by atoms with E-state index in [1.807, 2.05) is 24.1 Å². The molecule has 0 spiro atoms. The number of aliphatic hydroxyl groups excluding tert-OH is 1. The summed E-state index contributed by atoms with van der Waals surface area (Å²) in [4.78, 5) is 3.62. The highest BCUT2D eigenvalue weighted by Crippen LogP contribution is 2.51. The zero-order valence-electron chi connectivity index (χ0n) is 15.0. The van der Waals surface area contributed by atoms with Crippen LogP contribution in [0.15, 0.2) is 58.2 Å². The number of piperidine rings is 2. The Hall–Kier alpha value is -1.23. The van der Waals surface area contributed by atoms with Crippen LogP contribution in [0.3, 0.4) is 0 Å². The van der Waals surface area contributed by atoms with Gasteiger partial charge in [-0.2, -0.15) is 0 Å². The highest BCUT2D eigenvalue weighted by Gasteiger charge is 2.50. The van der Waals surface area contributed by atoms with E-state index in [1.165, 1.54) is 16.9 Å². The number of hydrogen-bond acceptors (Lipinski definition) is 4. The lowest BCUT2D eigenvalue weighted by Gasteiger charge is -2.56. The van der Waals surface area contributed by atoms with Gasteiger partial charge in [-0.25, -0.2) is 0 Å². The predicted octanol–water partition coefficient (Wildman–Crippen LogP) is 5.08. The molecular formula is C21H27NO2S. The number of aliphatic hydroxyl groups is 1. The van der Waals surface area contributed by atoms with Crippen molar-refractivity contribution < 1.29 is 9.52 Å². The molecule has 0 aliphatic carbocycles. The van der Waals surface area contributed by atoms with Crippen LogP contribution in [0.5, 0.6) is 0 Å². The molecule has 134 valence electrons. The minimum absolute atomic E-state index is 0.198. The first-order valence-electron chi connectivity index (χ1n) is 9.30. The van der Waals surface area contributed by atoms with E-state index >= 15 is 0 Å². The summed E-state index contributed by atoms with van der Waals surface area (Å²) in [6.07, 6.45) is 7.61. The molecule has 2 saturated heterocycles. The van der Waals surface area contributed by atoms with Crippen LogP contribution < -0.4 is 0 Å². The maximum Gasteiger partial charge on any atom is 0.123 e. The van der Waals surface area contributed by atoms with Crippen molar-refractivity contribution in [2.75, 3.05) is 0 Å². The molecule has 1 aromatic heterocycles. The van der Waals surface area contributed by atoms with Crippen LogP contribution in [0.25, 0.3) is 0 Å². The fourth-order valence-corrected chi connectivity index (χ4v) is 5.90. The first kappa shape index (κ1) is 17.2. The van der Waals surface area contributed by atoms with Gasteiger partial charge in [-0.1, -0.05) is 25.1 Å².